The molecule has 0 aliphatic heterocycles. The lowest BCUT2D eigenvalue weighted by atomic mass is 10.1. The summed E-state index contributed by atoms with van der Waals surface area (Å²) in [5.74, 6) is 0.597. The van der Waals surface area contributed by atoms with Crippen molar-refractivity contribution in [2.24, 2.45) is 0 Å². The molecule has 0 spiro atoms. The third-order valence-corrected chi connectivity index (χ3v) is 3.51. The van der Waals surface area contributed by atoms with Crippen LogP contribution in [0.1, 0.15) is 18.5 Å². The maximum absolute atomic E-state index is 12.0. The van der Waals surface area contributed by atoms with Gasteiger partial charge in [-0.3, -0.25) is 4.79 Å². The lowest BCUT2D eigenvalue weighted by Gasteiger charge is -2.14. The summed E-state index contributed by atoms with van der Waals surface area (Å²) >= 11 is 5.97. The Balaban J connectivity index is 1.87. The van der Waals surface area contributed by atoms with Crippen LogP contribution in [0, 0.1) is 0 Å². The number of hydrogen-bond donors (Lipinski definition) is 2. The van der Waals surface area contributed by atoms with Gasteiger partial charge in [-0.05, 0) is 36.8 Å². The summed E-state index contributed by atoms with van der Waals surface area (Å²) < 4.78 is 5.12. The van der Waals surface area contributed by atoms with Crippen LogP contribution in [0.3, 0.4) is 0 Å². The van der Waals surface area contributed by atoms with Crippen molar-refractivity contribution >= 4 is 23.2 Å². The summed E-state index contributed by atoms with van der Waals surface area (Å²) in [5, 5.41) is 6.69. The highest BCUT2D eigenvalue weighted by Crippen LogP contribution is 2.18. The molecule has 0 saturated carbocycles. The topological polar surface area (TPSA) is 50.4 Å². The molecule has 2 aromatic carbocycles. The normalized spacial score (nSPS) is 11.8. The number of carbonyl (C=O) groups is 1. The van der Waals surface area contributed by atoms with Gasteiger partial charge in [0.2, 0.25) is 5.91 Å². The zero-order valence-electron chi connectivity index (χ0n) is 12.6. The Morgan fingerprint density at radius 2 is 2.00 bits per heavy atom. The SMILES string of the molecule is COc1cccc(NC(=O)CN[C@H](C)c2cccc(Cl)c2)c1. The summed E-state index contributed by atoms with van der Waals surface area (Å²) in [6.45, 7) is 2.20. The number of methoxy groups -OCH3 is 1. The molecule has 22 heavy (non-hydrogen) atoms. The van der Waals surface area contributed by atoms with Crippen LogP contribution in [0.2, 0.25) is 5.02 Å². The number of ether oxygens (including phenoxy) is 1. The molecular formula is C17H19ClN2O2. The van der Waals surface area contributed by atoms with Gasteiger partial charge in [0.25, 0.3) is 0 Å². The van der Waals surface area contributed by atoms with E-state index < -0.39 is 0 Å². The number of halogens is 1. The minimum Gasteiger partial charge on any atom is -0.497 e. The highest BCUT2D eigenvalue weighted by Gasteiger charge is 2.08. The number of anilines is 1. The third-order valence-electron chi connectivity index (χ3n) is 3.27. The number of hydrogen-bond acceptors (Lipinski definition) is 3. The van der Waals surface area contributed by atoms with Crippen molar-refractivity contribution in [2.45, 2.75) is 13.0 Å². The van der Waals surface area contributed by atoms with Gasteiger partial charge in [0.1, 0.15) is 5.75 Å². The van der Waals surface area contributed by atoms with Crippen molar-refractivity contribution in [1.29, 1.82) is 0 Å². The van der Waals surface area contributed by atoms with Crippen LogP contribution in [0.25, 0.3) is 0 Å². The Kier molecular flexibility index (Phi) is 5.81. The van der Waals surface area contributed by atoms with Crippen LogP contribution in [-0.2, 0) is 4.79 Å². The van der Waals surface area contributed by atoms with Gasteiger partial charge < -0.3 is 15.4 Å². The maximum Gasteiger partial charge on any atom is 0.238 e. The van der Waals surface area contributed by atoms with Crippen molar-refractivity contribution in [1.82, 2.24) is 5.32 Å². The predicted octanol–water partition coefficient (Wildman–Crippen LogP) is 3.64. The molecule has 1 atom stereocenters. The first-order valence-electron chi connectivity index (χ1n) is 7.01. The predicted molar refractivity (Wildman–Crippen MR) is 89.5 cm³/mol. The fraction of sp³-hybridized carbons (Fsp3) is 0.235. The zero-order valence-corrected chi connectivity index (χ0v) is 13.4. The number of carbonyl (C=O) groups excluding carboxylic acids is 1. The molecule has 116 valence electrons. The Morgan fingerprint density at radius 1 is 1.23 bits per heavy atom. The average molecular weight is 319 g/mol. The van der Waals surface area contributed by atoms with E-state index in [2.05, 4.69) is 10.6 Å². The largest absolute Gasteiger partial charge is 0.497 e. The quantitative estimate of drug-likeness (QED) is 0.855. The van der Waals surface area contributed by atoms with Crippen LogP contribution >= 0.6 is 11.6 Å². The third kappa shape index (κ3) is 4.76. The second-order valence-electron chi connectivity index (χ2n) is 4.94. The smallest absolute Gasteiger partial charge is 0.238 e. The van der Waals surface area contributed by atoms with E-state index in [1.165, 1.54) is 0 Å². The molecule has 0 aliphatic carbocycles. The molecule has 2 aromatic rings. The molecule has 0 aromatic heterocycles. The van der Waals surface area contributed by atoms with E-state index in [1.54, 1.807) is 13.2 Å². The van der Waals surface area contributed by atoms with Crippen molar-refractivity contribution < 1.29 is 9.53 Å². The summed E-state index contributed by atoms with van der Waals surface area (Å²) in [6, 6.07) is 14.9. The summed E-state index contributed by atoms with van der Waals surface area (Å²) in [4.78, 5) is 12.0. The van der Waals surface area contributed by atoms with Crippen molar-refractivity contribution in [3.8, 4) is 5.75 Å². The van der Waals surface area contributed by atoms with Gasteiger partial charge >= 0.3 is 0 Å². The molecule has 0 heterocycles. The summed E-state index contributed by atoms with van der Waals surface area (Å²) in [5.41, 5.74) is 1.75. The second kappa shape index (κ2) is 7.82. The highest BCUT2D eigenvalue weighted by atomic mass is 35.5. The minimum atomic E-state index is -0.109. The number of amides is 1. The van der Waals surface area contributed by atoms with Gasteiger partial charge in [-0.25, -0.2) is 0 Å². The fourth-order valence-electron chi connectivity index (χ4n) is 2.05. The Hall–Kier alpha value is -2.04. The zero-order chi connectivity index (χ0) is 15.9. The van der Waals surface area contributed by atoms with Crippen LogP contribution in [-0.4, -0.2) is 19.6 Å². The number of nitrogens with one attached hydrogen (secondary N) is 2. The molecule has 0 aliphatic rings. The van der Waals surface area contributed by atoms with E-state index >= 15 is 0 Å². The Morgan fingerprint density at radius 3 is 2.73 bits per heavy atom. The molecule has 0 bridgehead atoms. The molecule has 0 saturated heterocycles. The van der Waals surface area contributed by atoms with Gasteiger partial charge in [0.15, 0.2) is 0 Å². The Bertz CT molecular complexity index is 646. The minimum absolute atomic E-state index is 0.0368. The van der Waals surface area contributed by atoms with Gasteiger partial charge in [-0.1, -0.05) is 29.8 Å². The first-order chi connectivity index (χ1) is 10.6. The van der Waals surface area contributed by atoms with E-state index in [-0.39, 0.29) is 18.5 Å². The van der Waals surface area contributed by atoms with Crippen LogP contribution < -0.4 is 15.4 Å². The first kappa shape index (κ1) is 16.3. The van der Waals surface area contributed by atoms with E-state index in [0.29, 0.717) is 16.5 Å². The lowest BCUT2D eigenvalue weighted by Crippen LogP contribution is -2.30. The monoisotopic (exact) mass is 318 g/mol. The van der Waals surface area contributed by atoms with E-state index in [0.717, 1.165) is 5.56 Å². The maximum atomic E-state index is 12.0. The standard InChI is InChI=1S/C17H19ClN2O2/c1-12(13-5-3-6-14(18)9-13)19-11-17(21)20-15-7-4-8-16(10-15)22-2/h3-10,12,19H,11H2,1-2H3,(H,20,21)/t12-/m1/s1. The highest BCUT2D eigenvalue weighted by molar-refractivity contribution is 6.30. The molecular weight excluding hydrogens is 300 g/mol. The lowest BCUT2D eigenvalue weighted by molar-refractivity contribution is -0.115. The van der Waals surface area contributed by atoms with Crippen molar-refractivity contribution in [2.75, 3.05) is 19.0 Å². The van der Waals surface area contributed by atoms with Gasteiger partial charge in [0.05, 0.1) is 13.7 Å². The summed E-state index contributed by atoms with van der Waals surface area (Å²) in [6.07, 6.45) is 0. The second-order valence-corrected chi connectivity index (χ2v) is 5.37. The molecule has 0 fully saturated rings. The molecule has 2 rings (SSSR count). The number of rotatable bonds is 6. The Labute approximate surface area is 135 Å². The molecule has 0 radical (unpaired) electrons. The number of benzene rings is 2. The van der Waals surface area contributed by atoms with Crippen LogP contribution in [0.5, 0.6) is 5.75 Å². The van der Waals surface area contributed by atoms with Crippen molar-refractivity contribution in [3.63, 3.8) is 0 Å². The van der Waals surface area contributed by atoms with Gasteiger partial charge in [-0.15, -0.1) is 0 Å². The van der Waals surface area contributed by atoms with Crippen LogP contribution in [0.4, 0.5) is 5.69 Å². The van der Waals surface area contributed by atoms with Crippen molar-refractivity contribution in [3.05, 3.63) is 59.1 Å². The molecule has 2 N–H and O–H groups in total. The van der Waals surface area contributed by atoms with Gasteiger partial charge in [-0.2, -0.15) is 0 Å². The average Bonchev–Trinajstić information content (AvgIpc) is 2.52. The first-order valence-corrected chi connectivity index (χ1v) is 7.39. The summed E-state index contributed by atoms with van der Waals surface area (Å²) in [7, 11) is 1.59. The van der Waals surface area contributed by atoms with E-state index in [1.807, 2.05) is 49.4 Å². The molecule has 0 unspecified atom stereocenters. The van der Waals surface area contributed by atoms with E-state index in [9.17, 15) is 4.79 Å². The van der Waals surface area contributed by atoms with Gasteiger partial charge in [0, 0.05) is 22.8 Å². The van der Waals surface area contributed by atoms with E-state index in [4.69, 9.17) is 16.3 Å². The molecule has 4 nitrogen and oxygen atoms in total. The van der Waals surface area contributed by atoms with Crippen LogP contribution in [0.15, 0.2) is 48.5 Å². The molecule has 1 amide bonds. The molecule has 5 heteroatoms. The fourth-order valence-corrected chi connectivity index (χ4v) is 2.24.